The van der Waals surface area contributed by atoms with E-state index in [0.717, 1.165) is 20.5 Å². The lowest BCUT2D eigenvalue weighted by molar-refractivity contribution is -0.187. The topological polar surface area (TPSA) is 69.6 Å². The summed E-state index contributed by atoms with van der Waals surface area (Å²) in [4.78, 5) is 24.2. The van der Waals surface area contributed by atoms with Crippen molar-refractivity contribution in [3.8, 4) is 0 Å². The first-order valence-electron chi connectivity index (χ1n) is 7.55. The summed E-state index contributed by atoms with van der Waals surface area (Å²) in [5.74, 6) is -5.22. The lowest BCUT2D eigenvalue weighted by Gasteiger charge is -2.18. The average Bonchev–Trinajstić information content (AvgIpc) is 3.17. The van der Waals surface area contributed by atoms with Gasteiger partial charge in [-0.3, -0.25) is 4.79 Å². The van der Waals surface area contributed by atoms with E-state index >= 15 is 0 Å². The summed E-state index contributed by atoms with van der Waals surface area (Å²) in [5.41, 5.74) is 0.871. The molecule has 2 aromatic rings. The molecule has 25 heavy (non-hydrogen) atoms. The number of urea groups is 1. The van der Waals surface area contributed by atoms with Gasteiger partial charge in [-0.05, 0) is 22.4 Å². The summed E-state index contributed by atoms with van der Waals surface area (Å²) >= 11 is 1.51. The van der Waals surface area contributed by atoms with Crippen LogP contribution in [0, 0.1) is 11.8 Å². The van der Waals surface area contributed by atoms with Gasteiger partial charge in [0.05, 0.1) is 11.8 Å². The fourth-order valence-electron chi connectivity index (χ4n) is 3.00. The van der Waals surface area contributed by atoms with Gasteiger partial charge in [0.25, 0.3) is 0 Å². The summed E-state index contributed by atoms with van der Waals surface area (Å²) in [7, 11) is 0. The summed E-state index contributed by atoms with van der Waals surface area (Å²) in [6.07, 6.45) is -4.65. The quantitative estimate of drug-likeness (QED) is 0.869. The van der Waals surface area contributed by atoms with Gasteiger partial charge >= 0.3 is 18.2 Å². The van der Waals surface area contributed by atoms with Gasteiger partial charge < -0.3 is 15.3 Å². The number of amides is 2. The molecule has 1 aliphatic heterocycles. The van der Waals surface area contributed by atoms with E-state index in [2.05, 4.69) is 5.32 Å². The SMILES string of the molecule is O=C(O)[C@@H]1CN(C(=O)NCc2csc3ccccc23)C[C@H]1C(F)(F)F. The van der Waals surface area contributed by atoms with E-state index in [1.54, 1.807) is 0 Å². The zero-order valence-corrected chi connectivity index (χ0v) is 13.7. The first kappa shape index (κ1) is 17.5. The molecule has 1 saturated heterocycles. The monoisotopic (exact) mass is 372 g/mol. The number of nitrogens with zero attached hydrogens (tertiary/aromatic N) is 1. The minimum atomic E-state index is -4.65. The molecule has 9 heteroatoms. The van der Waals surface area contributed by atoms with E-state index in [1.807, 2.05) is 29.6 Å². The molecular weight excluding hydrogens is 357 g/mol. The lowest BCUT2D eigenvalue weighted by Crippen LogP contribution is -2.39. The highest BCUT2D eigenvalue weighted by molar-refractivity contribution is 7.17. The minimum absolute atomic E-state index is 0.174. The van der Waals surface area contributed by atoms with Crippen LogP contribution in [-0.4, -0.2) is 41.3 Å². The Bertz CT molecular complexity index is 805. The van der Waals surface area contributed by atoms with Gasteiger partial charge in [0.1, 0.15) is 0 Å². The van der Waals surface area contributed by atoms with Crippen LogP contribution in [0.15, 0.2) is 29.6 Å². The minimum Gasteiger partial charge on any atom is -0.481 e. The number of carbonyl (C=O) groups excluding carboxylic acids is 1. The average molecular weight is 372 g/mol. The van der Waals surface area contributed by atoms with Crippen molar-refractivity contribution in [3.05, 3.63) is 35.2 Å². The maximum absolute atomic E-state index is 13.0. The van der Waals surface area contributed by atoms with E-state index in [-0.39, 0.29) is 6.54 Å². The Kier molecular flexibility index (Phi) is 4.59. The van der Waals surface area contributed by atoms with Crippen molar-refractivity contribution in [2.45, 2.75) is 12.7 Å². The Labute approximate surface area is 145 Å². The predicted octanol–water partition coefficient (Wildman–Crippen LogP) is 3.31. The fourth-order valence-corrected chi connectivity index (χ4v) is 3.97. The normalized spacial score (nSPS) is 20.8. The van der Waals surface area contributed by atoms with Crippen molar-refractivity contribution in [1.82, 2.24) is 10.2 Å². The van der Waals surface area contributed by atoms with Crippen molar-refractivity contribution >= 4 is 33.4 Å². The Morgan fingerprint density at radius 3 is 2.64 bits per heavy atom. The molecule has 2 N–H and O–H groups in total. The number of likely N-dealkylation sites (tertiary alicyclic amines) is 1. The largest absolute Gasteiger partial charge is 0.481 e. The van der Waals surface area contributed by atoms with Crippen LogP contribution in [0.4, 0.5) is 18.0 Å². The summed E-state index contributed by atoms with van der Waals surface area (Å²) < 4.78 is 40.0. The molecule has 2 heterocycles. The molecule has 0 bridgehead atoms. The second kappa shape index (κ2) is 6.55. The molecule has 1 aliphatic rings. The number of carboxylic acids is 1. The molecule has 0 spiro atoms. The van der Waals surface area contributed by atoms with Gasteiger partial charge in [0, 0.05) is 24.3 Å². The molecule has 1 aromatic heterocycles. The number of alkyl halides is 3. The molecule has 1 aromatic carbocycles. The zero-order chi connectivity index (χ0) is 18.2. The van der Waals surface area contributed by atoms with Crippen LogP contribution in [0.2, 0.25) is 0 Å². The van der Waals surface area contributed by atoms with Crippen molar-refractivity contribution in [2.75, 3.05) is 13.1 Å². The maximum Gasteiger partial charge on any atom is 0.394 e. The number of carboxylic acid groups (broad SMARTS) is 1. The number of halogens is 3. The van der Waals surface area contributed by atoms with Crippen molar-refractivity contribution in [2.24, 2.45) is 11.8 Å². The fraction of sp³-hybridized carbons (Fsp3) is 0.375. The molecule has 1 fully saturated rings. The van der Waals surface area contributed by atoms with Crippen LogP contribution >= 0.6 is 11.3 Å². The van der Waals surface area contributed by atoms with Gasteiger partial charge in [-0.25, -0.2) is 4.79 Å². The Balaban J connectivity index is 1.66. The molecule has 0 saturated carbocycles. The van der Waals surface area contributed by atoms with Crippen LogP contribution in [-0.2, 0) is 11.3 Å². The third kappa shape index (κ3) is 3.55. The summed E-state index contributed by atoms with van der Waals surface area (Å²) in [5, 5.41) is 14.4. The Morgan fingerprint density at radius 1 is 1.28 bits per heavy atom. The highest BCUT2D eigenvalue weighted by Crippen LogP contribution is 2.37. The smallest absolute Gasteiger partial charge is 0.394 e. The van der Waals surface area contributed by atoms with E-state index < -0.39 is 43.1 Å². The predicted molar refractivity (Wildman–Crippen MR) is 86.3 cm³/mol. The molecule has 2 amide bonds. The van der Waals surface area contributed by atoms with Gasteiger partial charge in [-0.15, -0.1) is 11.3 Å². The second-order valence-electron chi connectivity index (χ2n) is 5.91. The van der Waals surface area contributed by atoms with E-state index in [4.69, 9.17) is 5.11 Å². The lowest BCUT2D eigenvalue weighted by atomic mass is 9.96. The molecule has 0 radical (unpaired) electrons. The van der Waals surface area contributed by atoms with Crippen LogP contribution in [0.25, 0.3) is 10.1 Å². The van der Waals surface area contributed by atoms with E-state index in [9.17, 15) is 22.8 Å². The molecular formula is C16H15F3N2O3S. The molecule has 3 rings (SSSR count). The number of hydrogen-bond acceptors (Lipinski definition) is 3. The second-order valence-corrected chi connectivity index (χ2v) is 6.82. The molecule has 5 nitrogen and oxygen atoms in total. The third-order valence-electron chi connectivity index (χ3n) is 4.34. The van der Waals surface area contributed by atoms with E-state index in [0.29, 0.717) is 0 Å². The first-order valence-corrected chi connectivity index (χ1v) is 8.42. The maximum atomic E-state index is 13.0. The van der Waals surface area contributed by atoms with Crippen LogP contribution in [0.1, 0.15) is 5.56 Å². The van der Waals surface area contributed by atoms with Gasteiger partial charge in [-0.2, -0.15) is 13.2 Å². The number of benzene rings is 1. The van der Waals surface area contributed by atoms with E-state index in [1.165, 1.54) is 11.3 Å². The third-order valence-corrected chi connectivity index (χ3v) is 5.35. The van der Waals surface area contributed by atoms with Crippen molar-refractivity contribution in [1.29, 1.82) is 0 Å². The number of aliphatic carboxylic acids is 1. The zero-order valence-electron chi connectivity index (χ0n) is 12.9. The van der Waals surface area contributed by atoms with Crippen molar-refractivity contribution in [3.63, 3.8) is 0 Å². The molecule has 0 unspecified atom stereocenters. The number of fused-ring (bicyclic) bond motifs is 1. The van der Waals surface area contributed by atoms with Crippen LogP contribution < -0.4 is 5.32 Å². The highest BCUT2D eigenvalue weighted by atomic mass is 32.1. The van der Waals surface area contributed by atoms with Crippen molar-refractivity contribution < 1.29 is 27.9 Å². The summed E-state index contributed by atoms with van der Waals surface area (Å²) in [6.45, 7) is -0.916. The van der Waals surface area contributed by atoms with Gasteiger partial charge in [-0.1, -0.05) is 18.2 Å². The summed E-state index contributed by atoms with van der Waals surface area (Å²) in [6, 6.07) is 6.93. The van der Waals surface area contributed by atoms with Crippen LogP contribution in [0.3, 0.4) is 0 Å². The van der Waals surface area contributed by atoms with Gasteiger partial charge in [0.2, 0.25) is 0 Å². The Morgan fingerprint density at radius 2 is 2.00 bits per heavy atom. The first-order chi connectivity index (χ1) is 11.8. The highest BCUT2D eigenvalue weighted by Gasteiger charge is 2.53. The number of hydrogen-bond donors (Lipinski definition) is 2. The molecule has 134 valence electrons. The number of thiophene rings is 1. The number of rotatable bonds is 3. The molecule has 2 atom stereocenters. The number of nitrogens with one attached hydrogen (secondary N) is 1. The number of carbonyl (C=O) groups is 2. The van der Waals surface area contributed by atoms with Crippen LogP contribution in [0.5, 0.6) is 0 Å². The van der Waals surface area contributed by atoms with Gasteiger partial charge in [0.15, 0.2) is 0 Å². The standard InChI is InChI=1S/C16H15F3N2O3S/c17-16(18,19)12-7-21(6-11(12)14(22)23)15(24)20-5-9-8-25-13-4-2-1-3-10(9)13/h1-4,8,11-12H,5-7H2,(H,20,24)(H,22,23)/t11-,12-/m1/s1. The Hall–Kier alpha value is -2.29. The molecule has 0 aliphatic carbocycles.